The van der Waals surface area contributed by atoms with Crippen molar-refractivity contribution in [3.8, 4) is 0 Å². The Hall–Kier alpha value is -2.70. The van der Waals surface area contributed by atoms with Crippen LogP contribution in [0.1, 0.15) is 52.0 Å². The zero-order valence-corrected chi connectivity index (χ0v) is 13.9. The van der Waals surface area contributed by atoms with Gasteiger partial charge in [-0.2, -0.15) is 5.10 Å². The molecule has 1 saturated heterocycles. The Kier molecular flexibility index (Phi) is 4.09. The van der Waals surface area contributed by atoms with E-state index in [9.17, 15) is 9.59 Å². The summed E-state index contributed by atoms with van der Waals surface area (Å²) in [7, 11) is 0. The lowest BCUT2D eigenvalue weighted by molar-refractivity contribution is 0.0641. The van der Waals surface area contributed by atoms with Crippen molar-refractivity contribution < 1.29 is 9.59 Å². The topological polar surface area (TPSA) is 105 Å². The lowest BCUT2D eigenvalue weighted by Crippen LogP contribution is -2.48. The van der Waals surface area contributed by atoms with Crippen LogP contribution in [0.15, 0.2) is 24.4 Å². The van der Waals surface area contributed by atoms with Crippen molar-refractivity contribution >= 4 is 11.8 Å². The molecule has 7 heteroatoms. The Balaban J connectivity index is 1.87. The number of hydrogen-bond acceptors (Lipinski definition) is 4. The third-order valence-electron chi connectivity index (χ3n) is 4.60. The number of nitrogens with zero attached hydrogens (tertiary/aromatic N) is 3. The summed E-state index contributed by atoms with van der Waals surface area (Å²) in [6.07, 6.45) is 3.14. The molecule has 1 atom stereocenters. The van der Waals surface area contributed by atoms with E-state index in [1.807, 2.05) is 26.0 Å². The van der Waals surface area contributed by atoms with Crippen LogP contribution in [0.4, 0.5) is 0 Å². The van der Waals surface area contributed by atoms with Gasteiger partial charge in [0.1, 0.15) is 5.69 Å². The number of aryl methyl sites for hydroxylation is 1. The first-order valence-corrected chi connectivity index (χ1v) is 7.97. The van der Waals surface area contributed by atoms with Crippen LogP contribution in [0.25, 0.3) is 0 Å². The van der Waals surface area contributed by atoms with Gasteiger partial charge >= 0.3 is 0 Å². The van der Waals surface area contributed by atoms with Gasteiger partial charge in [-0.1, -0.05) is 13.0 Å². The molecule has 2 aromatic heterocycles. The van der Waals surface area contributed by atoms with Gasteiger partial charge in [-0.15, -0.1) is 0 Å². The molecule has 1 aliphatic heterocycles. The molecule has 1 fully saturated rings. The van der Waals surface area contributed by atoms with E-state index >= 15 is 0 Å². The van der Waals surface area contributed by atoms with Gasteiger partial charge in [0.2, 0.25) is 0 Å². The second-order valence-electron chi connectivity index (χ2n) is 6.58. The van der Waals surface area contributed by atoms with Crippen LogP contribution in [0.2, 0.25) is 0 Å². The number of aromatic nitrogens is 3. The average molecular weight is 327 g/mol. The molecule has 1 aliphatic rings. The molecule has 3 N–H and O–H groups in total. The maximum Gasteiger partial charge on any atom is 0.272 e. The van der Waals surface area contributed by atoms with Gasteiger partial charge in [-0.25, -0.2) is 4.98 Å². The summed E-state index contributed by atoms with van der Waals surface area (Å²) in [5.74, 6) is -0.603. The quantitative estimate of drug-likeness (QED) is 0.889. The zero-order valence-electron chi connectivity index (χ0n) is 13.9. The number of nitrogens with one attached hydrogen (secondary N) is 1. The van der Waals surface area contributed by atoms with E-state index in [0.717, 1.165) is 18.5 Å². The molecule has 0 bridgehead atoms. The van der Waals surface area contributed by atoms with Crippen LogP contribution in [0.5, 0.6) is 0 Å². The molecule has 2 aromatic rings. The third-order valence-corrected chi connectivity index (χ3v) is 4.60. The number of carbonyl (C=O) groups is 2. The highest BCUT2D eigenvalue weighted by Crippen LogP contribution is 2.34. The van der Waals surface area contributed by atoms with E-state index in [1.54, 1.807) is 11.0 Å². The van der Waals surface area contributed by atoms with E-state index in [0.29, 0.717) is 30.0 Å². The van der Waals surface area contributed by atoms with Gasteiger partial charge < -0.3 is 10.6 Å². The zero-order chi connectivity index (χ0) is 17.3. The Bertz CT molecular complexity index is 785. The Morgan fingerprint density at radius 1 is 1.38 bits per heavy atom. The van der Waals surface area contributed by atoms with Crippen LogP contribution in [0.3, 0.4) is 0 Å². The molecule has 7 nitrogen and oxygen atoms in total. The van der Waals surface area contributed by atoms with Crippen molar-refractivity contribution in [2.75, 3.05) is 13.1 Å². The van der Waals surface area contributed by atoms with Crippen molar-refractivity contribution in [2.45, 2.75) is 32.1 Å². The minimum absolute atomic E-state index is 0.0928. The molecule has 2 amide bonds. The standard InChI is InChI=1S/C17H21N5O2/c1-11-5-3-6-13(20-11)16(24)22-8-4-7-17(2,10-22)14-12(15(18)23)9-19-21-14/h3,5-6,9H,4,7-8,10H2,1-2H3,(H2,18,23)(H,19,21)/t17-/m1/s1. The van der Waals surface area contributed by atoms with Gasteiger partial charge in [0.15, 0.2) is 0 Å². The normalized spacial score (nSPS) is 20.8. The summed E-state index contributed by atoms with van der Waals surface area (Å²) in [4.78, 5) is 30.5. The highest BCUT2D eigenvalue weighted by molar-refractivity contribution is 5.94. The Morgan fingerprint density at radius 2 is 2.17 bits per heavy atom. The number of likely N-dealkylation sites (tertiary alicyclic amines) is 1. The molecule has 0 aromatic carbocycles. The van der Waals surface area contributed by atoms with E-state index in [-0.39, 0.29) is 5.91 Å². The van der Waals surface area contributed by atoms with Gasteiger partial charge in [-0.3, -0.25) is 14.7 Å². The number of amides is 2. The van der Waals surface area contributed by atoms with Crippen LogP contribution in [-0.2, 0) is 5.41 Å². The predicted molar refractivity (Wildman–Crippen MR) is 88.6 cm³/mol. The fourth-order valence-corrected chi connectivity index (χ4v) is 3.37. The summed E-state index contributed by atoms with van der Waals surface area (Å²) < 4.78 is 0. The number of rotatable bonds is 3. The smallest absolute Gasteiger partial charge is 0.272 e. The largest absolute Gasteiger partial charge is 0.365 e. The second kappa shape index (κ2) is 6.07. The monoisotopic (exact) mass is 327 g/mol. The van der Waals surface area contributed by atoms with Gasteiger partial charge in [0, 0.05) is 24.2 Å². The lowest BCUT2D eigenvalue weighted by atomic mass is 9.77. The number of aromatic amines is 1. The van der Waals surface area contributed by atoms with Crippen LogP contribution < -0.4 is 5.73 Å². The van der Waals surface area contributed by atoms with Crippen molar-refractivity contribution in [3.05, 3.63) is 47.0 Å². The summed E-state index contributed by atoms with van der Waals surface area (Å²) in [6.45, 7) is 5.05. The first-order chi connectivity index (χ1) is 11.4. The second-order valence-corrected chi connectivity index (χ2v) is 6.58. The summed E-state index contributed by atoms with van der Waals surface area (Å²) >= 11 is 0. The number of primary amides is 1. The average Bonchev–Trinajstić information content (AvgIpc) is 3.05. The molecule has 0 aliphatic carbocycles. The van der Waals surface area contributed by atoms with Crippen molar-refractivity contribution in [1.82, 2.24) is 20.1 Å². The van der Waals surface area contributed by atoms with Crippen molar-refractivity contribution in [1.29, 1.82) is 0 Å². The molecular weight excluding hydrogens is 306 g/mol. The minimum atomic E-state index is -0.510. The fourth-order valence-electron chi connectivity index (χ4n) is 3.37. The number of nitrogens with two attached hydrogens (primary N) is 1. The number of H-pyrrole nitrogens is 1. The van der Waals surface area contributed by atoms with Gasteiger partial charge in [0.25, 0.3) is 11.8 Å². The summed E-state index contributed by atoms with van der Waals surface area (Å²) in [6, 6.07) is 5.42. The first kappa shape index (κ1) is 16.2. The number of pyridine rings is 1. The van der Waals surface area contributed by atoms with Crippen LogP contribution in [0, 0.1) is 6.92 Å². The van der Waals surface area contributed by atoms with E-state index in [4.69, 9.17) is 5.73 Å². The number of carbonyl (C=O) groups excluding carboxylic acids is 2. The highest BCUT2D eigenvalue weighted by Gasteiger charge is 2.38. The Labute approximate surface area is 140 Å². The van der Waals surface area contributed by atoms with E-state index in [1.165, 1.54) is 6.20 Å². The molecule has 3 rings (SSSR count). The van der Waals surface area contributed by atoms with Gasteiger partial charge in [-0.05, 0) is 31.9 Å². The lowest BCUT2D eigenvalue weighted by Gasteiger charge is -2.40. The third kappa shape index (κ3) is 2.89. The SMILES string of the molecule is Cc1cccc(C(=O)N2CCC[C@@](C)(c3[nH]ncc3C(N)=O)C2)n1. The van der Waals surface area contributed by atoms with Crippen LogP contribution >= 0.6 is 0 Å². The van der Waals surface area contributed by atoms with E-state index < -0.39 is 11.3 Å². The highest BCUT2D eigenvalue weighted by atomic mass is 16.2. The molecule has 0 radical (unpaired) electrons. The van der Waals surface area contributed by atoms with Gasteiger partial charge in [0.05, 0.1) is 17.5 Å². The number of piperidine rings is 1. The van der Waals surface area contributed by atoms with Crippen molar-refractivity contribution in [2.24, 2.45) is 5.73 Å². The molecule has 24 heavy (non-hydrogen) atoms. The Morgan fingerprint density at radius 3 is 2.88 bits per heavy atom. The number of hydrogen-bond donors (Lipinski definition) is 2. The minimum Gasteiger partial charge on any atom is -0.365 e. The van der Waals surface area contributed by atoms with E-state index in [2.05, 4.69) is 15.2 Å². The van der Waals surface area contributed by atoms with Crippen molar-refractivity contribution in [3.63, 3.8) is 0 Å². The van der Waals surface area contributed by atoms with Crippen LogP contribution in [-0.4, -0.2) is 45.0 Å². The summed E-state index contributed by atoms with van der Waals surface area (Å²) in [5.41, 5.74) is 7.39. The predicted octanol–water partition coefficient (Wildman–Crippen LogP) is 1.41. The molecule has 0 unspecified atom stereocenters. The first-order valence-electron chi connectivity index (χ1n) is 7.97. The molecule has 126 valence electrons. The summed E-state index contributed by atoms with van der Waals surface area (Å²) in [5, 5.41) is 6.86. The molecule has 0 spiro atoms. The molecular formula is C17H21N5O2. The molecule has 3 heterocycles. The fraction of sp³-hybridized carbons (Fsp3) is 0.412. The maximum absolute atomic E-state index is 12.8. The maximum atomic E-state index is 12.8. The molecule has 0 saturated carbocycles.